The van der Waals surface area contributed by atoms with E-state index in [1.165, 1.54) is 40.9 Å². The normalized spacial score (nSPS) is 21.8. The van der Waals surface area contributed by atoms with Crippen molar-refractivity contribution in [3.05, 3.63) is 65.9 Å². The zero-order chi connectivity index (χ0) is 31.5. The van der Waals surface area contributed by atoms with Crippen LogP contribution in [0, 0.1) is 24.2 Å². The fraction of sp³-hybridized carbons (Fsp3) is 0.500. The van der Waals surface area contributed by atoms with Crippen molar-refractivity contribution in [1.82, 2.24) is 19.8 Å². The molecule has 0 radical (unpaired) electrons. The third-order valence-electron chi connectivity index (χ3n) is 9.95. The van der Waals surface area contributed by atoms with Crippen LogP contribution in [0.15, 0.2) is 49.1 Å². The maximum absolute atomic E-state index is 12.6. The van der Waals surface area contributed by atoms with Crippen LogP contribution in [0.3, 0.4) is 0 Å². The topological polar surface area (TPSA) is 88.8 Å². The molecular weight excluding hydrogens is 562 g/mol. The van der Waals surface area contributed by atoms with Gasteiger partial charge in [-0.15, -0.1) is 0 Å². The molecule has 3 atom stereocenters. The highest BCUT2D eigenvalue weighted by Crippen LogP contribution is 2.36. The van der Waals surface area contributed by atoms with Gasteiger partial charge < -0.3 is 24.3 Å². The first-order valence-corrected chi connectivity index (χ1v) is 16.3. The summed E-state index contributed by atoms with van der Waals surface area (Å²) in [6.45, 7) is 9.65. The SMILES string of the molecule is C=CC(=O)N1CCN(c2nc(OCC3CCCC(N(C)C)C3)nc3c2CCN(c2cccc4cccc(C)c24)C3)CC1CC#N. The summed E-state index contributed by atoms with van der Waals surface area (Å²) in [5.74, 6) is 1.22. The van der Waals surface area contributed by atoms with Crippen LogP contribution in [0.25, 0.3) is 10.8 Å². The van der Waals surface area contributed by atoms with Gasteiger partial charge in [-0.05, 0) is 75.7 Å². The summed E-state index contributed by atoms with van der Waals surface area (Å²) < 4.78 is 6.44. The number of benzene rings is 2. The van der Waals surface area contributed by atoms with Crippen molar-refractivity contribution in [3.63, 3.8) is 0 Å². The molecule has 1 aliphatic carbocycles. The molecule has 0 N–H and O–H groups in total. The van der Waals surface area contributed by atoms with Crippen molar-refractivity contribution in [3.8, 4) is 12.1 Å². The lowest BCUT2D eigenvalue weighted by molar-refractivity contribution is -0.128. The maximum atomic E-state index is 12.6. The third-order valence-corrected chi connectivity index (χ3v) is 9.95. The summed E-state index contributed by atoms with van der Waals surface area (Å²) in [6.07, 6.45) is 7.12. The number of anilines is 2. The molecule has 2 aromatic carbocycles. The molecule has 0 bridgehead atoms. The summed E-state index contributed by atoms with van der Waals surface area (Å²) in [7, 11) is 4.33. The number of aryl methyl sites for hydroxylation is 1. The van der Waals surface area contributed by atoms with Gasteiger partial charge in [0.15, 0.2) is 0 Å². The number of aromatic nitrogens is 2. The smallest absolute Gasteiger partial charge is 0.318 e. The lowest BCUT2D eigenvalue weighted by Gasteiger charge is -2.42. The Labute approximate surface area is 267 Å². The second-order valence-corrected chi connectivity index (χ2v) is 13.0. The van der Waals surface area contributed by atoms with Gasteiger partial charge in [0.25, 0.3) is 0 Å². The molecule has 1 amide bonds. The van der Waals surface area contributed by atoms with Crippen LogP contribution in [0.5, 0.6) is 6.01 Å². The Bertz CT molecular complexity index is 1590. The van der Waals surface area contributed by atoms with Crippen molar-refractivity contribution in [1.29, 1.82) is 5.26 Å². The number of carbonyl (C=O) groups is 1. The average Bonchev–Trinajstić information content (AvgIpc) is 3.06. The number of carbonyl (C=O) groups excluding carboxylic acids is 1. The van der Waals surface area contributed by atoms with Gasteiger partial charge in [0.1, 0.15) is 5.82 Å². The van der Waals surface area contributed by atoms with Crippen molar-refractivity contribution in [2.45, 2.75) is 64.1 Å². The predicted octanol–water partition coefficient (Wildman–Crippen LogP) is 5.12. The second-order valence-electron chi connectivity index (χ2n) is 13.0. The van der Waals surface area contributed by atoms with Gasteiger partial charge >= 0.3 is 6.01 Å². The summed E-state index contributed by atoms with van der Waals surface area (Å²) in [5.41, 5.74) is 4.62. The van der Waals surface area contributed by atoms with E-state index < -0.39 is 0 Å². The maximum Gasteiger partial charge on any atom is 0.318 e. The molecule has 6 rings (SSSR count). The largest absolute Gasteiger partial charge is 0.463 e. The number of piperazine rings is 1. The standard InChI is InChI=1S/C36H45N7O2/c1-5-33(44)43-20-19-42(22-29(43)15-17-37)35-30-16-18-41(32-14-8-12-27-11-6-9-25(2)34(27)32)23-31(30)38-36(39-35)45-24-26-10-7-13-28(21-26)40(3)4/h5-6,8-9,11-12,14,26,28-29H,1,7,10,13,15-16,18-24H2,2-4H3. The molecule has 1 saturated heterocycles. The van der Waals surface area contributed by atoms with E-state index in [-0.39, 0.29) is 18.4 Å². The predicted molar refractivity (Wildman–Crippen MR) is 179 cm³/mol. The van der Waals surface area contributed by atoms with Crippen LogP contribution in [0.1, 0.15) is 48.9 Å². The van der Waals surface area contributed by atoms with Crippen molar-refractivity contribution in [2.24, 2.45) is 5.92 Å². The van der Waals surface area contributed by atoms with Gasteiger partial charge in [-0.3, -0.25) is 4.79 Å². The minimum Gasteiger partial charge on any atom is -0.463 e. The van der Waals surface area contributed by atoms with Crippen molar-refractivity contribution in [2.75, 3.05) is 56.7 Å². The molecule has 1 aromatic heterocycles. The molecule has 3 aromatic rings. The molecule has 3 aliphatic rings. The van der Waals surface area contributed by atoms with Gasteiger partial charge in [0.2, 0.25) is 5.91 Å². The van der Waals surface area contributed by atoms with E-state index in [9.17, 15) is 10.1 Å². The van der Waals surface area contributed by atoms with Crippen molar-refractivity contribution < 1.29 is 9.53 Å². The third kappa shape index (κ3) is 6.48. The first kappa shape index (κ1) is 30.8. The highest BCUT2D eigenvalue weighted by Gasteiger charge is 2.34. The van der Waals surface area contributed by atoms with E-state index in [0.717, 1.165) is 42.9 Å². The van der Waals surface area contributed by atoms with Crippen LogP contribution in [0.4, 0.5) is 11.5 Å². The number of rotatable bonds is 8. The first-order valence-electron chi connectivity index (χ1n) is 16.3. The van der Waals surface area contributed by atoms with Gasteiger partial charge in [0.05, 0.1) is 37.4 Å². The van der Waals surface area contributed by atoms with Gasteiger partial charge in [-0.1, -0.05) is 43.3 Å². The molecule has 236 valence electrons. The Hall–Kier alpha value is -4.16. The molecule has 9 nitrogen and oxygen atoms in total. The monoisotopic (exact) mass is 607 g/mol. The molecule has 2 aliphatic heterocycles. The zero-order valence-electron chi connectivity index (χ0n) is 26.9. The second kappa shape index (κ2) is 13.5. The fourth-order valence-corrected chi connectivity index (χ4v) is 7.50. The minimum atomic E-state index is -0.229. The Morgan fingerprint density at radius 2 is 1.96 bits per heavy atom. The van der Waals surface area contributed by atoms with Gasteiger partial charge in [0, 0.05) is 48.9 Å². The number of nitriles is 1. The number of hydrogen-bond donors (Lipinski definition) is 0. The van der Waals surface area contributed by atoms with E-state index in [1.54, 1.807) is 4.90 Å². The van der Waals surface area contributed by atoms with Crippen molar-refractivity contribution >= 4 is 28.2 Å². The van der Waals surface area contributed by atoms with E-state index >= 15 is 0 Å². The number of fused-ring (bicyclic) bond motifs is 2. The molecule has 3 heterocycles. The summed E-state index contributed by atoms with van der Waals surface area (Å²) in [5, 5.41) is 12.1. The lowest BCUT2D eigenvalue weighted by Crippen LogP contribution is -2.55. The summed E-state index contributed by atoms with van der Waals surface area (Å²) in [4.78, 5) is 31.5. The molecule has 45 heavy (non-hydrogen) atoms. The Morgan fingerprint density at radius 1 is 1.13 bits per heavy atom. The Balaban J connectivity index is 1.32. The Kier molecular flexibility index (Phi) is 9.22. The van der Waals surface area contributed by atoms with Crippen LogP contribution in [-0.2, 0) is 17.8 Å². The minimum absolute atomic E-state index is 0.131. The van der Waals surface area contributed by atoms with Crippen LogP contribution in [-0.4, -0.2) is 84.6 Å². The van der Waals surface area contributed by atoms with E-state index in [0.29, 0.717) is 50.8 Å². The van der Waals surface area contributed by atoms with E-state index in [4.69, 9.17) is 14.7 Å². The first-order chi connectivity index (χ1) is 21.9. The summed E-state index contributed by atoms with van der Waals surface area (Å²) in [6, 6.07) is 16.1. The zero-order valence-corrected chi connectivity index (χ0v) is 26.9. The molecule has 0 spiro atoms. The molecule has 9 heteroatoms. The lowest BCUT2D eigenvalue weighted by atomic mass is 9.86. The molecule has 3 unspecified atom stereocenters. The molecule has 2 fully saturated rings. The average molecular weight is 608 g/mol. The number of amides is 1. The van der Waals surface area contributed by atoms with Crippen LogP contribution < -0.4 is 14.5 Å². The number of hydrogen-bond acceptors (Lipinski definition) is 8. The number of ether oxygens (including phenoxy) is 1. The Morgan fingerprint density at radius 3 is 2.73 bits per heavy atom. The van der Waals surface area contributed by atoms with Crippen LogP contribution >= 0.6 is 0 Å². The highest BCUT2D eigenvalue weighted by molar-refractivity contribution is 5.97. The summed E-state index contributed by atoms with van der Waals surface area (Å²) >= 11 is 0. The van der Waals surface area contributed by atoms with Gasteiger partial charge in [-0.2, -0.15) is 15.2 Å². The van der Waals surface area contributed by atoms with Crippen LogP contribution in [0.2, 0.25) is 0 Å². The molecule has 1 saturated carbocycles. The van der Waals surface area contributed by atoms with Gasteiger partial charge in [-0.25, -0.2) is 0 Å². The highest BCUT2D eigenvalue weighted by atomic mass is 16.5. The number of nitrogens with zero attached hydrogens (tertiary/aromatic N) is 7. The molecular formula is C36H45N7O2. The van der Waals surface area contributed by atoms with E-state index in [1.807, 2.05) is 0 Å². The fourth-order valence-electron chi connectivity index (χ4n) is 7.50. The van der Waals surface area contributed by atoms with E-state index in [2.05, 4.69) is 84.8 Å². The quantitative estimate of drug-likeness (QED) is 0.326.